The van der Waals surface area contributed by atoms with E-state index < -0.39 is 12.4 Å². The Labute approximate surface area is 88.6 Å². The topological polar surface area (TPSA) is 0 Å². The van der Waals surface area contributed by atoms with E-state index in [4.69, 9.17) is 0 Å². The zero-order valence-corrected chi connectivity index (χ0v) is 9.44. The van der Waals surface area contributed by atoms with Gasteiger partial charge in [0.1, 0.15) is 0 Å². The second-order valence-electron chi connectivity index (χ2n) is 4.90. The van der Waals surface area contributed by atoms with Gasteiger partial charge in [-0.3, -0.25) is 0 Å². The molecule has 1 rings (SSSR count). The molecule has 4 heteroatoms. The van der Waals surface area contributed by atoms with Crippen LogP contribution in [0.3, 0.4) is 0 Å². The first-order valence-electron chi connectivity index (χ1n) is 4.93. The van der Waals surface area contributed by atoms with E-state index in [-0.39, 0.29) is 5.41 Å². The van der Waals surface area contributed by atoms with Gasteiger partial charge in [0, 0.05) is 0 Å². The minimum absolute atomic E-state index is 0.109. The van der Waals surface area contributed by atoms with Crippen LogP contribution < -0.4 is 5.46 Å². The highest BCUT2D eigenvalue weighted by Crippen LogP contribution is 2.23. The largest absolute Gasteiger partial charge is 0.509 e. The Kier molecular flexibility index (Phi) is 2.90. The van der Waals surface area contributed by atoms with Crippen molar-refractivity contribution in [3.05, 3.63) is 29.3 Å². The van der Waals surface area contributed by atoms with Crippen LogP contribution in [0.25, 0.3) is 0 Å². The van der Waals surface area contributed by atoms with Gasteiger partial charge in [0.25, 0.3) is 0 Å². The minimum Gasteiger partial charge on any atom is -0.445 e. The fourth-order valence-corrected chi connectivity index (χ4v) is 1.51. The van der Waals surface area contributed by atoms with Gasteiger partial charge < -0.3 is 12.9 Å². The summed E-state index contributed by atoms with van der Waals surface area (Å²) >= 11 is 0. The molecule has 0 unspecified atom stereocenters. The highest BCUT2D eigenvalue weighted by molar-refractivity contribution is 6.74. The maximum Gasteiger partial charge on any atom is 0.509 e. The van der Waals surface area contributed by atoms with Crippen LogP contribution in [0.1, 0.15) is 31.9 Å². The monoisotopic (exact) mass is 215 g/mol. The number of benzene rings is 1. The zero-order valence-electron chi connectivity index (χ0n) is 9.44. The number of aryl methyl sites for hydroxylation is 1. The predicted molar refractivity (Wildman–Crippen MR) is 58.6 cm³/mol. The van der Waals surface area contributed by atoms with E-state index in [9.17, 15) is 12.9 Å². The smallest absolute Gasteiger partial charge is 0.445 e. The van der Waals surface area contributed by atoms with Crippen LogP contribution >= 0.6 is 0 Å². The summed E-state index contributed by atoms with van der Waals surface area (Å²) in [6.07, 6.45) is 0. The summed E-state index contributed by atoms with van der Waals surface area (Å²) in [5, 5.41) is 0. The first-order chi connectivity index (χ1) is 6.62. The van der Waals surface area contributed by atoms with Gasteiger partial charge in [-0.2, -0.15) is 0 Å². The maximum atomic E-state index is 12.5. The summed E-state index contributed by atoms with van der Waals surface area (Å²) in [7, 11) is 0. The van der Waals surface area contributed by atoms with Crippen molar-refractivity contribution in [2.75, 3.05) is 0 Å². The molecule has 0 amide bonds. The summed E-state index contributed by atoms with van der Waals surface area (Å²) in [6, 6.07) is 4.39. The number of rotatable bonds is 1. The van der Waals surface area contributed by atoms with Crippen molar-refractivity contribution in [2.24, 2.45) is 0 Å². The van der Waals surface area contributed by atoms with E-state index in [0.717, 1.165) is 5.56 Å². The van der Waals surface area contributed by atoms with E-state index in [1.165, 1.54) is 13.0 Å². The van der Waals surface area contributed by atoms with Crippen LogP contribution in [0.5, 0.6) is 0 Å². The van der Waals surface area contributed by atoms with Crippen molar-refractivity contribution < 1.29 is 12.9 Å². The fourth-order valence-electron chi connectivity index (χ4n) is 1.51. The van der Waals surface area contributed by atoms with Gasteiger partial charge in [-0.1, -0.05) is 44.5 Å². The standard InChI is InChI=1S/C11H15BF3/c1-8-7-9(11(2,3)4)5-6-10(8)12(13,14)15/h5-7H,1-4H3/q-1. The Morgan fingerprint density at radius 1 is 1.07 bits per heavy atom. The first kappa shape index (κ1) is 12.1. The van der Waals surface area contributed by atoms with Crippen molar-refractivity contribution in [1.29, 1.82) is 0 Å². The third-order valence-corrected chi connectivity index (χ3v) is 2.49. The van der Waals surface area contributed by atoms with Crippen molar-refractivity contribution in [3.63, 3.8) is 0 Å². The lowest BCUT2D eigenvalue weighted by molar-refractivity contribution is 0.500. The number of hydrogen-bond acceptors (Lipinski definition) is 0. The highest BCUT2D eigenvalue weighted by atomic mass is 19.4. The van der Waals surface area contributed by atoms with E-state index in [0.29, 0.717) is 5.56 Å². The molecule has 0 spiro atoms. The summed E-state index contributed by atoms with van der Waals surface area (Å²) in [5.41, 5.74) is 0.656. The van der Waals surface area contributed by atoms with E-state index in [2.05, 4.69) is 0 Å². The van der Waals surface area contributed by atoms with E-state index >= 15 is 0 Å². The summed E-state index contributed by atoms with van der Waals surface area (Å²) < 4.78 is 37.6. The molecule has 0 radical (unpaired) electrons. The van der Waals surface area contributed by atoms with E-state index in [1.807, 2.05) is 20.8 Å². The molecule has 0 nitrogen and oxygen atoms in total. The Hall–Kier alpha value is -0.925. The summed E-state index contributed by atoms with van der Waals surface area (Å²) in [5.74, 6) is 0. The normalized spacial score (nSPS) is 13.0. The average Bonchev–Trinajstić information content (AvgIpc) is 1.99. The molecule has 0 heterocycles. The third kappa shape index (κ3) is 2.77. The summed E-state index contributed by atoms with van der Waals surface area (Å²) in [6.45, 7) is 2.59. The van der Waals surface area contributed by atoms with Crippen LogP contribution in [0.15, 0.2) is 18.2 Å². The molecule has 84 valence electrons. The first-order valence-corrected chi connectivity index (χ1v) is 4.93. The molecule has 0 bridgehead atoms. The summed E-state index contributed by atoms with van der Waals surface area (Å²) in [4.78, 5) is 0. The van der Waals surface area contributed by atoms with Gasteiger partial charge >= 0.3 is 6.98 Å². The number of hydrogen-bond donors (Lipinski definition) is 0. The molecule has 0 fully saturated rings. The minimum atomic E-state index is -4.88. The van der Waals surface area contributed by atoms with Crippen molar-refractivity contribution in [2.45, 2.75) is 33.1 Å². The molecule has 0 saturated carbocycles. The fraction of sp³-hybridized carbons (Fsp3) is 0.455. The molecule has 0 atom stereocenters. The molecule has 0 N–H and O–H groups in total. The zero-order chi connectivity index (χ0) is 11.9. The highest BCUT2D eigenvalue weighted by Gasteiger charge is 2.27. The van der Waals surface area contributed by atoms with Gasteiger partial charge in [-0.25, -0.2) is 0 Å². The lowest BCUT2D eigenvalue weighted by Gasteiger charge is -2.23. The van der Waals surface area contributed by atoms with Crippen molar-refractivity contribution >= 4 is 12.4 Å². The van der Waals surface area contributed by atoms with E-state index in [1.54, 1.807) is 12.1 Å². The SMILES string of the molecule is Cc1cc(C(C)(C)C)ccc1[B-](F)(F)F. The molecular weight excluding hydrogens is 200 g/mol. The molecule has 0 saturated heterocycles. The molecular formula is C11H15BF3-. The van der Waals surface area contributed by atoms with Crippen LogP contribution in [0, 0.1) is 6.92 Å². The molecule has 0 aliphatic rings. The lowest BCUT2D eigenvalue weighted by atomic mass is 9.75. The lowest BCUT2D eigenvalue weighted by Crippen LogP contribution is -2.36. The average molecular weight is 215 g/mol. The van der Waals surface area contributed by atoms with Gasteiger partial charge in [-0.15, -0.1) is 5.46 Å². The second kappa shape index (κ2) is 3.58. The van der Waals surface area contributed by atoms with Crippen LogP contribution in [-0.2, 0) is 5.41 Å². The number of halogens is 3. The van der Waals surface area contributed by atoms with Gasteiger partial charge in [-0.05, 0) is 17.9 Å². The Morgan fingerprint density at radius 2 is 1.60 bits per heavy atom. The molecule has 0 aliphatic heterocycles. The molecule has 15 heavy (non-hydrogen) atoms. The van der Waals surface area contributed by atoms with Gasteiger partial charge in [0.2, 0.25) is 0 Å². The third-order valence-electron chi connectivity index (χ3n) is 2.49. The molecule has 1 aromatic rings. The maximum absolute atomic E-state index is 12.5. The Bertz CT molecular complexity index is 361. The molecule has 0 aliphatic carbocycles. The van der Waals surface area contributed by atoms with Crippen molar-refractivity contribution in [3.8, 4) is 0 Å². The molecule has 1 aromatic carbocycles. The predicted octanol–water partition coefficient (Wildman–Crippen LogP) is 3.35. The Balaban J connectivity index is 3.21. The van der Waals surface area contributed by atoms with Crippen LogP contribution in [-0.4, -0.2) is 6.98 Å². The van der Waals surface area contributed by atoms with Gasteiger partial charge in [0.05, 0.1) is 0 Å². The van der Waals surface area contributed by atoms with Crippen LogP contribution in [0.2, 0.25) is 0 Å². The molecule has 0 aromatic heterocycles. The second-order valence-corrected chi connectivity index (χ2v) is 4.90. The van der Waals surface area contributed by atoms with Gasteiger partial charge in [0.15, 0.2) is 0 Å². The quantitative estimate of drug-likeness (QED) is 0.630. The van der Waals surface area contributed by atoms with Crippen LogP contribution in [0.4, 0.5) is 12.9 Å². The Morgan fingerprint density at radius 3 is 1.93 bits per heavy atom. The van der Waals surface area contributed by atoms with Crippen molar-refractivity contribution in [1.82, 2.24) is 0 Å².